The van der Waals surface area contributed by atoms with Crippen molar-refractivity contribution in [2.24, 2.45) is 0 Å². The molecule has 4 nitrogen and oxygen atoms in total. The van der Waals surface area contributed by atoms with E-state index >= 15 is 0 Å². The molecule has 1 saturated carbocycles. The van der Waals surface area contributed by atoms with Crippen molar-refractivity contribution in [2.75, 3.05) is 7.11 Å². The Morgan fingerprint density at radius 2 is 1.77 bits per heavy atom. The average Bonchev–Trinajstić information content (AvgIpc) is 2.89. The van der Waals surface area contributed by atoms with Gasteiger partial charge in [-0.05, 0) is 19.8 Å². The first kappa shape index (κ1) is 11.9. The Hall–Kier alpha value is -1.06. The second-order valence-corrected chi connectivity index (χ2v) is 2.75. The normalized spacial score (nSPS) is 16.3. The molecule has 0 spiro atoms. The topological polar surface area (TPSA) is 55.4 Å². The average molecular weight is 187 g/mol. The van der Waals surface area contributed by atoms with Gasteiger partial charge in [0.2, 0.25) is 0 Å². The summed E-state index contributed by atoms with van der Waals surface area (Å²) < 4.78 is 4.37. The molecular formula is C9H17NO3. The van der Waals surface area contributed by atoms with Crippen molar-refractivity contribution in [3.8, 4) is 0 Å². The Labute approximate surface area is 78.6 Å². The number of rotatable bonds is 2. The maximum absolute atomic E-state index is 10.9. The van der Waals surface area contributed by atoms with E-state index in [1.165, 1.54) is 14.0 Å². The zero-order valence-electron chi connectivity index (χ0n) is 8.64. The van der Waals surface area contributed by atoms with Gasteiger partial charge in [-0.1, -0.05) is 13.8 Å². The molecule has 0 heterocycles. The van der Waals surface area contributed by atoms with E-state index < -0.39 is 11.6 Å². The summed E-state index contributed by atoms with van der Waals surface area (Å²) in [6, 6.07) is 0. The van der Waals surface area contributed by atoms with Gasteiger partial charge in [0.15, 0.2) is 5.78 Å². The molecule has 1 rings (SSSR count). The summed E-state index contributed by atoms with van der Waals surface area (Å²) in [5.41, 5.74) is -0.590. The van der Waals surface area contributed by atoms with Crippen LogP contribution >= 0.6 is 0 Å². The summed E-state index contributed by atoms with van der Waals surface area (Å²) in [5, 5.41) is 2.51. The highest BCUT2D eigenvalue weighted by Crippen LogP contribution is 2.36. The summed E-state index contributed by atoms with van der Waals surface area (Å²) in [5.74, 6) is 0.00269. The molecule has 1 aliphatic rings. The zero-order chi connectivity index (χ0) is 10.5. The van der Waals surface area contributed by atoms with Gasteiger partial charge in [0.1, 0.15) is 5.54 Å². The number of Topliss-reactive ketones (excluding diaryl/α,β-unsaturated/α-hetero) is 1. The Kier molecular flexibility index (Phi) is 4.45. The number of amides is 1. The van der Waals surface area contributed by atoms with Gasteiger partial charge in [0.25, 0.3) is 0 Å². The molecule has 1 amide bonds. The van der Waals surface area contributed by atoms with E-state index in [9.17, 15) is 9.59 Å². The maximum Gasteiger partial charge on any atom is 0.407 e. The predicted molar refractivity (Wildman–Crippen MR) is 49.5 cm³/mol. The van der Waals surface area contributed by atoms with Crippen LogP contribution in [0.2, 0.25) is 0 Å². The maximum atomic E-state index is 10.9. The molecule has 0 bridgehead atoms. The van der Waals surface area contributed by atoms with Crippen molar-refractivity contribution in [3.05, 3.63) is 0 Å². The van der Waals surface area contributed by atoms with Gasteiger partial charge in [0.05, 0.1) is 7.11 Å². The van der Waals surface area contributed by atoms with Crippen molar-refractivity contribution in [2.45, 2.75) is 39.2 Å². The Morgan fingerprint density at radius 3 is 2.00 bits per heavy atom. The lowest BCUT2D eigenvalue weighted by molar-refractivity contribution is -0.119. The van der Waals surface area contributed by atoms with Gasteiger partial charge in [-0.2, -0.15) is 0 Å². The van der Waals surface area contributed by atoms with Crippen LogP contribution in [-0.2, 0) is 9.53 Å². The van der Waals surface area contributed by atoms with Crippen molar-refractivity contribution < 1.29 is 14.3 Å². The van der Waals surface area contributed by atoms with E-state index in [1.807, 2.05) is 13.8 Å². The van der Waals surface area contributed by atoms with E-state index in [0.29, 0.717) is 0 Å². The number of ether oxygens (including phenoxy) is 1. The van der Waals surface area contributed by atoms with Crippen LogP contribution in [0.5, 0.6) is 0 Å². The minimum absolute atomic E-state index is 0.00269. The molecule has 1 fully saturated rings. The molecule has 13 heavy (non-hydrogen) atoms. The van der Waals surface area contributed by atoms with Crippen LogP contribution in [0.4, 0.5) is 4.79 Å². The van der Waals surface area contributed by atoms with Crippen molar-refractivity contribution >= 4 is 11.9 Å². The van der Waals surface area contributed by atoms with Crippen molar-refractivity contribution in [1.82, 2.24) is 5.32 Å². The largest absolute Gasteiger partial charge is 0.453 e. The molecule has 0 atom stereocenters. The third-order valence-electron chi connectivity index (χ3n) is 1.95. The number of alkyl carbamates (subject to hydrolysis) is 1. The van der Waals surface area contributed by atoms with Gasteiger partial charge in [-0.3, -0.25) is 4.79 Å². The standard InChI is InChI=1S/C7H11NO3.C2H6/c1-5(9)7(3-4-7)8-6(10)11-2;1-2/h3-4H2,1-2H3,(H,8,10);1-2H3. The zero-order valence-corrected chi connectivity index (χ0v) is 8.64. The highest BCUT2D eigenvalue weighted by atomic mass is 16.5. The lowest BCUT2D eigenvalue weighted by atomic mass is 10.2. The fraction of sp³-hybridized carbons (Fsp3) is 0.778. The van der Waals surface area contributed by atoms with Crippen LogP contribution in [0.25, 0.3) is 0 Å². The van der Waals surface area contributed by atoms with Gasteiger partial charge >= 0.3 is 6.09 Å². The molecule has 76 valence electrons. The van der Waals surface area contributed by atoms with Crippen LogP contribution in [0, 0.1) is 0 Å². The quantitative estimate of drug-likeness (QED) is 0.712. The smallest absolute Gasteiger partial charge is 0.407 e. The van der Waals surface area contributed by atoms with Crippen LogP contribution < -0.4 is 5.32 Å². The van der Waals surface area contributed by atoms with E-state index in [1.54, 1.807) is 0 Å². The number of methoxy groups -OCH3 is 1. The lowest BCUT2D eigenvalue weighted by Gasteiger charge is -2.11. The predicted octanol–water partition coefficient (Wildman–Crippen LogP) is 1.49. The monoisotopic (exact) mass is 187 g/mol. The number of nitrogens with one attached hydrogen (secondary N) is 1. The second-order valence-electron chi connectivity index (χ2n) is 2.75. The van der Waals surface area contributed by atoms with Crippen LogP contribution in [0.1, 0.15) is 33.6 Å². The van der Waals surface area contributed by atoms with Gasteiger partial charge < -0.3 is 10.1 Å². The molecule has 0 aromatic rings. The number of hydrogen-bond donors (Lipinski definition) is 1. The van der Waals surface area contributed by atoms with Gasteiger partial charge in [-0.25, -0.2) is 4.79 Å². The first-order valence-electron chi connectivity index (χ1n) is 4.48. The summed E-state index contributed by atoms with van der Waals surface area (Å²) >= 11 is 0. The number of carbonyl (C=O) groups is 2. The summed E-state index contributed by atoms with van der Waals surface area (Å²) in [6.45, 7) is 5.48. The molecule has 0 aliphatic heterocycles. The van der Waals surface area contributed by atoms with Crippen LogP contribution in [-0.4, -0.2) is 24.5 Å². The van der Waals surface area contributed by atoms with Gasteiger partial charge in [0, 0.05) is 0 Å². The number of hydrogen-bond acceptors (Lipinski definition) is 3. The third kappa shape index (κ3) is 3.05. The minimum Gasteiger partial charge on any atom is -0.453 e. The lowest BCUT2D eigenvalue weighted by Crippen LogP contribution is -2.41. The first-order chi connectivity index (χ1) is 6.10. The molecular weight excluding hydrogens is 170 g/mol. The molecule has 4 heteroatoms. The number of ketones is 1. The fourth-order valence-electron chi connectivity index (χ4n) is 0.936. The van der Waals surface area contributed by atoms with E-state index in [-0.39, 0.29) is 5.78 Å². The first-order valence-corrected chi connectivity index (χ1v) is 4.48. The molecule has 0 saturated heterocycles. The highest BCUT2D eigenvalue weighted by molar-refractivity contribution is 5.92. The van der Waals surface area contributed by atoms with Crippen LogP contribution in [0.15, 0.2) is 0 Å². The minimum atomic E-state index is -0.590. The molecule has 0 aromatic heterocycles. The molecule has 0 radical (unpaired) electrons. The van der Waals surface area contributed by atoms with E-state index in [4.69, 9.17) is 0 Å². The molecule has 0 aromatic carbocycles. The molecule has 1 aliphatic carbocycles. The fourth-order valence-corrected chi connectivity index (χ4v) is 0.936. The summed E-state index contributed by atoms with van der Waals surface area (Å²) in [7, 11) is 1.28. The Balaban J connectivity index is 0.000000671. The second kappa shape index (κ2) is 4.84. The van der Waals surface area contributed by atoms with Crippen LogP contribution in [0.3, 0.4) is 0 Å². The molecule has 0 unspecified atom stereocenters. The Bertz CT molecular complexity index is 197. The molecule has 1 N–H and O–H groups in total. The Morgan fingerprint density at radius 1 is 1.31 bits per heavy atom. The summed E-state index contributed by atoms with van der Waals surface area (Å²) in [4.78, 5) is 21.6. The van der Waals surface area contributed by atoms with Gasteiger partial charge in [-0.15, -0.1) is 0 Å². The number of carbonyl (C=O) groups excluding carboxylic acids is 2. The highest BCUT2D eigenvalue weighted by Gasteiger charge is 2.48. The summed E-state index contributed by atoms with van der Waals surface area (Å²) in [6.07, 6.45) is 0.937. The van der Waals surface area contributed by atoms with E-state index in [0.717, 1.165) is 12.8 Å². The third-order valence-corrected chi connectivity index (χ3v) is 1.95. The van der Waals surface area contributed by atoms with Crippen molar-refractivity contribution in [3.63, 3.8) is 0 Å². The SMILES string of the molecule is CC.COC(=O)NC1(C(C)=O)CC1. The van der Waals surface area contributed by atoms with Crippen molar-refractivity contribution in [1.29, 1.82) is 0 Å². The van der Waals surface area contributed by atoms with E-state index in [2.05, 4.69) is 10.1 Å².